The van der Waals surface area contributed by atoms with Crippen LogP contribution in [-0.2, 0) is 24.4 Å². The van der Waals surface area contributed by atoms with Gasteiger partial charge in [0.15, 0.2) is 5.76 Å². The summed E-state index contributed by atoms with van der Waals surface area (Å²) in [4.78, 5) is 0. The number of hydrogen-bond acceptors (Lipinski definition) is 4. The Bertz CT molecular complexity index is 715. The number of rotatable bonds is 5. The molecule has 3 aromatic rings. The van der Waals surface area contributed by atoms with Crippen molar-refractivity contribution in [3.8, 4) is 0 Å². The smallest absolute Gasteiger partial charge is 0.162 e. The molecule has 3 rings (SSSR count). The second-order valence-electron chi connectivity index (χ2n) is 4.72. The van der Waals surface area contributed by atoms with E-state index in [1.54, 1.807) is 7.11 Å². The molecule has 5 heteroatoms. The van der Waals surface area contributed by atoms with Crippen LogP contribution in [0.5, 0.6) is 0 Å². The van der Waals surface area contributed by atoms with Crippen molar-refractivity contribution in [3.05, 3.63) is 53.5 Å². The Balaban J connectivity index is 1.90. The lowest BCUT2D eigenvalue weighted by molar-refractivity contribution is 0.155. The summed E-state index contributed by atoms with van der Waals surface area (Å²) in [7, 11) is 1.63. The van der Waals surface area contributed by atoms with Crippen LogP contribution in [0.3, 0.4) is 0 Å². The Kier molecular flexibility index (Phi) is 3.54. The highest BCUT2D eigenvalue weighted by Gasteiger charge is 2.08. The zero-order chi connectivity index (χ0) is 13.9. The first-order valence-electron chi connectivity index (χ1n) is 6.52. The summed E-state index contributed by atoms with van der Waals surface area (Å²) in [6, 6.07) is 10.2. The Hall–Kier alpha value is -2.11. The van der Waals surface area contributed by atoms with Gasteiger partial charge in [0.1, 0.15) is 12.3 Å². The molecular formula is C15H17N3O2. The molecule has 0 aliphatic carbocycles. The molecule has 0 spiro atoms. The fourth-order valence-electron chi connectivity index (χ4n) is 2.42. The van der Waals surface area contributed by atoms with E-state index < -0.39 is 0 Å². The normalized spacial score (nSPS) is 11.3. The van der Waals surface area contributed by atoms with Gasteiger partial charge in [-0.15, -0.1) is 0 Å². The second kappa shape index (κ2) is 5.48. The standard InChI is InChI=1S/C15H17N3O2/c1-19-10-13-7-12(17-20-13)9-18-6-5-14-11(8-16)3-2-4-15(14)18/h2-7H,8-10,16H2,1H3. The number of methoxy groups -OCH3 is 1. The molecule has 0 aliphatic heterocycles. The van der Waals surface area contributed by atoms with Crippen molar-refractivity contribution in [1.29, 1.82) is 0 Å². The highest BCUT2D eigenvalue weighted by molar-refractivity contribution is 5.83. The lowest BCUT2D eigenvalue weighted by atomic mass is 10.1. The Morgan fingerprint density at radius 1 is 1.35 bits per heavy atom. The van der Waals surface area contributed by atoms with Crippen molar-refractivity contribution in [3.63, 3.8) is 0 Å². The number of nitrogens with zero attached hydrogens (tertiary/aromatic N) is 2. The molecule has 2 N–H and O–H groups in total. The first-order valence-corrected chi connectivity index (χ1v) is 6.52. The van der Waals surface area contributed by atoms with Gasteiger partial charge in [-0.05, 0) is 17.7 Å². The van der Waals surface area contributed by atoms with Crippen LogP contribution < -0.4 is 5.73 Å². The number of nitrogens with two attached hydrogens (primary N) is 1. The van der Waals surface area contributed by atoms with Crippen LogP contribution in [0.4, 0.5) is 0 Å². The van der Waals surface area contributed by atoms with Crippen molar-refractivity contribution < 1.29 is 9.26 Å². The lowest BCUT2D eigenvalue weighted by Gasteiger charge is -2.04. The van der Waals surface area contributed by atoms with Gasteiger partial charge in [-0.1, -0.05) is 17.3 Å². The van der Waals surface area contributed by atoms with E-state index in [2.05, 4.69) is 34.1 Å². The summed E-state index contributed by atoms with van der Waals surface area (Å²) < 4.78 is 12.4. The Labute approximate surface area is 116 Å². The number of aromatic nitrogens is 2. The summed E-state index contributed by atoms with van der Waals surface area (Å²) in [5.41, 5.74) is 8.96. The molecule has 20 heavy (non-hydrogen) atoms. The van der Waals surface area contributed by atoms with Crippen LogP contribution in [0.2, 0.25) is 0 Å². The average Bonchev–Trinajstić information content (AvgIpc) is 3.07. The summed E-state index contributed by atoms with van der Waals surface area (Å²) in [5, 5.41) is 5.25. The van der Waals surface area contributed by atoms with Crippen molar-refractivity contribution >= 4 is 10.9 Å². The van der Waals surface area contributed by atoms with E-state index in [1.165, 1.54) is 5.39 Å². The molecular weight excluding hydrogens is 254 g/mol. The third-order valence-corrected chi connectivity index (χ3v) is 3.35. The van der Waals surface area contributed by atoms with Crippen molar-refractivity contribution in [2.75, 3.05) is 7.11 Å². The van der Waals surface area contributed by atoms with Gasteiger partial charge in [-0.2, -0.15) is 0 Å². The van der Waals surface area contributed by atoms with Gasteiger partial charge in [-0.3, -0.25) is 0 Å². The molecule has 0 saturated heterocycles. The molecule has 2 aromatic heterocycles. The zero-order valence-corrected chi connectivity index (χ0v) is 11.4. The average molecular weight is 271 g/mol. The summed E-state index contributed by atoms with van der Waals surface area (Å²) in [6.07, 6.45) is 2.05. The van der Waals surface area contributed by atoms with Gasteiger partial charge < -0.3 is 19.6 Å². The molecule has 2 heterocycles. The van der Waals surface area contributed by atoms with Crippen LogP contribution in [0.1, 0.15) is 17.0 Å². The van der Waals surface area contributed by atoms with E-state index in [1.807, 2.05) is 12.1 Å². The summed E-state index contributed by atoms with van der Waals surface area (Å²) >= 11 is 0. The van der Waals surface area contributed by atoms with Crippen LogP contribution >= 0.6 is 0 Å². The van der Waals surface area contributed by atoms with Gasteiger partial charge in [-0.25, -0.2) is 0 Å². The van der Waals surface area contributed by atoms with Gasteiger partial charge >= 0.3 is 0 Å². The van der Waals surface area contributed by atoms with Crippen LogP contribution in [-0.4, -0.2) is 16.8 Å². The van der Waals surface area contributed by atoms with Crippen LogP contribution in [0.15, 0.2) is 41.1 Å². The highest BCUT2D eigenvalue weighted by atomic mass is 16.5. The predicted octanol–water partition coefficient (Wildman–Crippen LogP) is 2.28. The van der Waals surface area contributed by atoms with Gasteiger partial charge in [0, 0.05) is 36.8 Å². The van der Waals surface area contributed by atoms with Gasteiger partial charge in [0.05, 0.1) is 6.54 Å². The molecule has 104 valence electrons. The van der Waals surface area contributed by atoms with Crippen molar-refractivity contribution in [1.82, 2.24) is 9.72 Å². The van der Waals surface area contributed by atoms with Gasteiger partial charge in [0.2, 0.25) is 0 Å². The topological polar surface area (TPSA) is 66.2 Å². The molecule has 1 aromatic carbocycles. The quantitative estimate of drug-likeness (QED) is 0.773. The minimum atomic E-state index is 0.441. The molecule has 0 amide bonds. The number of ether oxygens (including phenoxy) is 1. The third-order valence-electron chi connectivity index (χ3n) is 3.35. The molecule has 0 atom stereocenters. The maximum Gasteiger partial charge on any atom is 0.162 e. The molecule has 0 aliphatic rings. The van der Waals surface area contributed by atoms with E-state index in [4.69, 9.17) is 15.0 Å². The van der Waals surface area contributed by atoms with Crippen molar-refractivity contribution in [2.24, 2.45) is 5.73 Å². The molecule has 0 saturated carbocycles. The van der Waals surface area contributed by atoms with E-state index in [-0.39, 0.29) is 0 Å². The van der Waals surface area contributed by atoms with E-state index >= 15 is 0 Å². The summed E-state index contributed by atoms with van der Waals surface area (Å²) in [6.45, 7) is 1.66. The largest absolute Gasteiger partial charge is 0.377 e. The first kappa shape index (κ1) is 12.9. The number of benzene rings is 1. The van der Waals surface area contributed by atoms with E-state index in [9.17, 15) is 0 Å². The Morgan fingerprint density at radius 2 is 2.25 bits per heavy atom. The molecule has 0 bridgehead atoms. The molecule has 0 radical (unpaired) electrons. The maximum absolute atomic E-state index is 5.76. The fraction of sp³-hybridized carbons (Fsp3) is 0.267. The van der Waals surface area contributed by atoms with Crippen LogP contribution in [0, 0.1) is 0 Å². The minimum absolute atomic E-state index is 0.441. The van der Waals surface area contributed by atoms with Crippen LogP contribution in [0.25, 0.3) is 10.9 Å². The SMILES string of the molecule is COCc1cc(Cn2ccc3c(CN)cccc32)no1. The predicted molar refractivity (Wildman–Crippen MR) is 76.1 cm³/mol. The molecule has 0 unspecified atom stereocenters. The van der Waals surface area contributed by atoms with Crippen molar-refractivity contribution in [2.45, 2.75) is 19.7 Å². The second-order valence-corrected chi connectivity index (χ2v) is 4.72. The number of hydrogen-bond donors (Lipinski definition) is 1. The highest BCUT2D eigenvalue weighted by Crippen LogP contribution is 2.21. The zero-order valence-electron chi connectivity index (χ0n) is 11.4. The minimum Gasteiger partial charge on any atom is -0.377 e. The maximum atomic E-state index is 5.76. The fourth-order valence-corrected chi connectivity index (χ4v) is 2.42. The Morgan fingerprint density at radius 3 is 3.05 bits per heavy atom. The van der Waals surface area contributed by atoms with E-state index in [0.29, 0.717) is 19.7 Å². The lowest BCUT2D eigenvalue weighted by Crippen LogP contribution is -1.99. The third kappa shape index (κ3) is 2.33. The molecule has 0 fully saturated rings. The molecule has 5 nitrogen and oxygen atoms in total. The van der Waals surface area contributed by atoms with Gasteiger partial charge in [0.25, 0.3) is 0 Å². The summed E-state index contributed by atoms with van der Waals surface area (Å²) in [5.74, 6) is 0.738. The first-order chi connectivity index (χ1) is 9.81. The van der Waals surface area contributed by atoms with E-state index in [0.717, 1.165) is 22.5 Å². The monoisotopic (exact) mass is 271 g/mol. The number of fused-ring (bicyclic) bond motifs is 1.